The van der Waals surface area contributed by atoms with Crippen LogP contribution in [0, 0.1) is 5.92 Å². The third kappa shape index (κ3) is 5.02. The standard InChI is InChI=1S/C10H20O/c1-4-6-7-8-10(11)9(3)5-2/h4,9-11H,1,5-8H2,2-3H3. The minimum absolute atomic E-state index is 0.111. The summed E-state index contributed by atoms with van der Waals surface area (Å²) in [5.41, 5.74) is 0. The fourth-order valence-electron chi connectivity index (χ4n) is 1.03. The predicted octanol–water partition coefficient (Wildman–Crippen LogP) is 2.75. The van der Waals surface area contributed by atoms with Crippen molar-refractivity contribution in [2.45, 2.75) is 45.6 Å². The number of aliphatic hydroxyl groups excluding tert-OH is 1. The molecule has 66 valence electrons. The molecule has 0 bridgehead atoms. The molecule has 1 N–H and O–H groups in total. The largest absolute Gasteiger partial charge is 0.393 e. The van der Waals surface area contributed by atoms with Crippen LogP contribution in [0.4, 0.5) is 0 Å². The normalized spacial score (nSPS) is 15.9. The third-order valence-electron chi connectivity index (χ3n) is 2.21. The summed E-state index contributed by atoms with van der Waals surface area (Å²) < 4.78 is 0. The highest BCUT2D eigenvalue weighted by Gasteiger charge is 2.10. The Morgan fingerprint density at radius 2 is 2.18 bits per heavy atom. The fourth-order valence-corrected chi connectivity index (χ4v) is 1.03. The molecule has 0 amide bonds. The molecule has 0 spiro atoms. The third-order valence-corrected chi connectivity index (χ3v) is 2.21. The Bertz CT molecular complexity index is 99.0. The van der Waals surface area contributed by atoms with Crippen LogP contribution >= 0.6 is 0 Å². The van der Waals surface area contributed by atoms with Crippen LogP contribution in [0.5, 0.6) is 0 Å². The molecular formula is C10H20O. The van der Waals surface area contributed by atoms with Gasteiger partial charge in [-0.25, -0.2) is 0 Å². The van der Waals surface area contributed by atoms with E-state index in [1.54, 1.807) is 0 Å². The van der Waals surface area contributed by atoms with Crippen molar-refractivity contribution in [2.24, 2.45) is 5.92 Å². The van der Waals surface area contributed by atoms with Gasteiger partial charge in [-0.2, -0.15) is 0 Å². The van der Waals surface area contributed by atoms with Crippen LogP contribution < -0.4 is 0 Å². The van der Waals surface area contributed by atoms with Crippen molar-refractivity contribution in [3.63, 3.8) is 0 Å². The first-order valence-corrected chi connectivity index (χ1v) is 4.51. The molecule has 0 fully saturated rings. The molecular weight excluding hydrogens is 136 g/mol. The smallest absolute Gasteiger partial charge is 0.0565 e. The average Bonchev–Trinajstić information content (AvgIpc) is 2.03. The Hall–Kier alpha value is -0.300. The second-order valence-electron chi connectivity index (χ2n) is 3.17. The zero-order chi connectivity index (χ0) is 8.69. The Morgan fingerprint density at radius 1 is 1.55 bits per heavy atom. The lowest BCUT2D eigenvalue weighted by molar-refractivity contribution is 0.104. The van der Waals surface area contributed by atoms with Gasteiger partial charge in [0.1, 0.15) is 0 Å². The molecule has 11 heavy (non-hydrogen) atoms. The van der Waals surface area contributed by atoms with E-state index >= 15 is 0 Å². The predicted molar refractivity (Wildman–Crippen MR) is 49.5 cm³/mol. The Morgan fingerprint density at radius 3 is 2.64 bits per heavy atom. The molecule has 0 aliphatic carbocycles. The van der Waals surface area contributed by atoms with E-state index in [4.69, 9.17) is 0 Å². The van der Waals surface area contributed by atoms with Gasteiger partial charge in [0.05, 0.1) is 6.10 Å². The van der Waals surface area contributed by atoms with Crippen molar-refractivity contribution in [1.29, 1.82) is 0 Å². The van der Waals surface area contributed by atoms with Crippen molar-refractivity contribution in [3.8, 4) is 0 Å². The van der Waals surface area contributed by atoms with Crippen LogP contribution in [0.3, 0.4) is 0 Å². The molecule has 2 atom stereocenters. The van der Waals surface area contributed by atoms with E-state index in [0.717, 1.165) is 25.7 Å². The van der Waals surface area contributed by atoms with Crippen molar-refractivity contribution in [2.75, 3.05) is 0 Å². The maximum absolute atomic E-state index is 9.51. The number of allylic oxidation sites excluding steroid dienone is 1. The van der Waals surface area contributed by atoms with Crippen LogP contribution in [-0.4, -0.2) is 11.2 Å². The highest BCUT2D eigenvalue weighted by atomic mass is 16.3. The van der Waals surface area contributed by atoms with Crippen LogP contribution in [-0.2, 0) is 0 Å². The Kier molecular flexibility index (Phi) is 6.24. The van der Waals surface area contributed by atoms with Gasteiger partial charge in [0.15, 0.2) is 0 Å². The van der Waals surface area contributed by atoms with E-state index in [9.17, 15) is 5.11 Å². The highest BCUT2D eigenvalue weighted by Crippen LogP contribution is 2.13. The lowest BCUT2D eigenvalue weighted by Crippen LogP contribution is -2.16. The summed E-state index contributed by atoms with van der Waals surface area (Å²) in [4.78, 5) is 0. The molecule has 1 heteroatoms. The molecule has 0 saturated carbocycles. The lowest BCUT2D eigenvalue weighted by atomic mass is 9.97. The minimum Gasteiger partial charge on any atom is -0.393 e. The molecule has 0 aromatic heterocycles. The molecule has 2 unspecified atom stereocenters. The molecule has 0 rings (SSSR count). The topological polar surface area (TPSA) is 20.2 Å². The molecule has 0 aromatic rings. The molecule has 0 aliphatic heterocycles. The Balaban J connectivity index is 3.34. The van der Waals surface area contributed by atoms with Crippen LogP contribution in [0.1, 0.15) is 39.5 Å². The van der Waals surface area contributed by atoms with Gasteiger partial charge in [-0.05, 0) is 25.2 Å². The average molecular weight is 156 g/mol. The van der Waals surface area contributed by atoms with Crippen molar-refractivity contribution in [1.82, 2.24) is 0 Å². The van der Waals surface area contributed by atoms with Gasteiger partial charge in [-0.15, -0.1) is 6.58 Å². The van der Waals surface area contributed by atoms with Crippen molar-refractivity contribution < 1.29 is 5.11 Å². The summed E-state index contributed by atoms with van der Waals surface area (Å²) >= 11 is 0. The maximum Gasteiger partial charge on any atom is 0.0565 e. The Labute approximate surface area is 70.1 Å². The van der Waals surface area contributed by atoms with Gasteiger partial charge in [-0.1, -0.05) is 26.3 Å². The first-order valence-electron chi connectivity index (χ1n) is 4.51. The molecule has 0 heterocycles. The van der Waals surface area contributed by atoms with Crippen molar-refractivity contribution in [3.05, 3.63) is 12.7 Å². The first-order chi connectivity index (χ1) is 5.22. The second-order valence-corrected chi connectivity index (χ2v) is 3.17. The molecule has 0 saturated heterocycles. The van der Waals surface area contributed by atoms with Gasteiger partial charge in [-0.3, -0.25) is 0 Å². The number of rotatable bonds is 6. The molecule has 0 radical (unpaired) electrons. The monoisotopic (exact) mass is 156 g/mol. The van der Waals surface area contributed by atoms with Crippen LogP contribution in [0.25, 0.3) is 0 Å². The molecule has 0 aromatic carbocycles. The number of hydrogen-bond donors (Lipinski definition) is 1. The summed E-state index contributed by atoms with van der Waals surface area (Å²) in [6.07, 6.45) is 5.86. The number of unbranched alkanes of at least 4 members (excludes halogenated alkanes) is 1. The number of hydrogen-bond acceptors (Lipinski definition) is 1. The summed E-state index contributed by atoms with van der Waals surface area (Å²) in [5.74, 6) is 0.444. The zero-order valence-electron chi connectivity index (χ0n) is 7.71. The van der Waals surface area contributed by atoms with Gasteiger partial charge >= 0.3 is 0 Å². The van der Waals surface area contributed by atoms with Crippen LogP contribution in [0.15, 0.2) is 12.7 Å². The zero-order valence-corrected chi connectivity index (χ0v) is 7.71. The van der Waals surface area contributed by atoms with Gasteiger partial charge < -0.3 is 5.11 Å². The van der Waals surface area contributed by atoms with Gasteiger partial charge in [0, 0.05) is 0 Å². The molecule has 1 nitrogen and oxygen atoms in total. The fraction of sp³-hybridized carbons (Fsp3) is 0.800. The summed E-state index contributed by atoms with van der Waals surface area (Å²) in [5, 5.41) is 9.51. The SMILES string of the molecule is C=CCCCC(O)C(C)CC. The maximum atomic E-state index is 9.51. The van der Waals surface area contributed by atoms with Crippen LogP contribution in [0.2, 0.25) is 0 Å². The molecule has 0 aliphatic rings. The van der Waals surface area contributed by atoms with E-state index in [2.05, 4.69) is 20.4 Å². The summed E-state index contributed by atoms with van der Waals surface area (Å²) in [7, 11) is 0. The summed E-state index contributed by atoms with van der Waals surface area (Å²) in [6.45, 7) is 7.85. The highest BCUT2D eigenvalue weighted by molar-refractivity contribution is 4.69. The van der Waals surface area contributed by atoms with Crippen molar-refractivity contribution >= 4 is 0 Å². The number of aliphatic hydroxyl groups is 1. The van der Waals surface area contributed by atoms with E-state index in [-0.39, 0.29) is 6.10 Å². The van der Waals surface area contributed by atoms with E-state index in [0.29, 0.717) is 5.92 Å². The summed E-state index contributed by atoms with van der Waals surface area (Å²) in [6, 6.07) is 0. The quantitative estimate of drug-likeness (QED) is 0.463. The van der Waals surface area contributed by atoms with Gasteiger partial charge in [0.2, 0.25) is 0 Å². The van der Waals surface area contributed by atoms with Gasteiger partial charge in [0.25, 0.3) is 0 Å². The minimum atomic E-state index is -0.111. The lowest BCUT2D eigenvalue weighted by Gasteiger charge is -2.15. The second kappa shape index (κ2) is 6.41. The van der Waals surface area contributed by atoms with E-state index in [1.165, 1.54) is 0 Å². The first kappa shape index (κ1) is 10.7. The van der Waals surface area contributed by atoms with E-state index < -0.39 is 0 Å². The van der Waals surface area contributed by atoms with E-state index in [1.807, 2.05) is 6.08 Å².